The van der Waals surface area contributed by atoms with Gasteiger partial charge in [0.25, 0.3) is 0 Å². The predicted molar refractivity (Wildman–Crippen MR) is 43.7 cm³/mol. The normalized spacial score (nSPS) is 11.5. The number of aromatic nitrogens is 2. The fraction of sp³-hybridized carbons (Fsp3) is 0.286. The topological polar surface area (TPSA) is 63.1 Å². The van der Waals surface area contributed by atoms with E-state index in [2.05, 4.69) is 9.97 Å². The molecule has 0 aliphatic carbocycles. The lowest BCUT2D eigenvalue weighted by Crippen LogP contribution is -2.18. The van der Waals surface area contributed by atoms with E-state index in [0.29, 0.717) is 0 Å². The molecule has 0 aromatic carbocycles. The van der Waals surface area contributed by atoms with Crippen molar-refractivity contribution in [2.24, 2.45) is 0 Å². The highest BCUT2D eigenvalue weighted by molar-refractivity contribution is 6.28. The molecule has 0 spiro atoms. The lowest BCUT2D eigenvalue weighted by Gasteiger charge is -2.10. The molecule has 0 fully saturated rings. The monoisotopic (exact) mass is 240 g/mol. The summed E-state index contributed by atoms with van der Waals surface area (Å²) in [7, 11) is 0. The zero-order valence-electron chi connectivity index (χ0n) is 7.26. The fourth-order valence-electron chi connectivity index (χ4n) is 1.000. The van der Waals surface area contributed by atoms with E-state index >= 15 is 0 Å². The molecule has 1 aromatic rings. The molecule has 0 saturated carbocycles. The Kier molecular flexibility index (Phi) is 2.85. The van der Waals surface area contributed by atoms with Crippen molar-refractivity contribution in [3.05, 3.63) is 22.2 Å². The molecule has 82 valence electrons. The van der Waals surface area contributed by atoms with Gasteiger partial charge in [0, 0.05) is 0 Å². The van der Waals surface area contributed by atoms with Crippen LogP contribution in [0.15, 0.2) is 0 Å². The van der Waals surface area contributed by atoms with Crippen LogP contribution in [-0.4, -0.2) is 21.0 Å². The van der Waals surface area contributed by atoms with Gasteiger partial charge in [0.15, 0.2) is 5.69 Å². The molecule has 0 aliphatic rings. The molecule has 1 N–H and O–H groups in total. The van der Waals surface area contributed by atoms with E-state index in [4.69, 9.17) is 16.7 Å². The van der Waals surface area contributed by atoms with Crippen molar-refractivity contribution in [2.75, 3.05) is 0 Å². The number of aromatic carboxylic acids is 1. The van der Waals surface area contributed by atoms with Crippen LogP contribution in [-0.2, 0) is 6.18 Å². The Morgan fingerprint density at radius 1 is 1.40 bits per heavy atom. The fourth-order valence-corrected chi connectivity index (χ4v) is 1.21. The largest absolute Gasteiger partial charge is 0.478 e. The van der Waals surface area contributed by atoms with Crippen LogP contribution < -0.4 is 0 Å². The zero-order valence-corrected chi connectivity index (χ0v) is 8.02. The summed E-state index contributed by atoms with van der Waals surface area (Å²) < 4.78 is 37.1. The van der Waals surface area contributed by atoms with Crippen LogP contribution in [0.3, 0.4) is 0 Å². The van der Waals surface area contributed by atoms with Crippen LogP contribution in [0.1, 0.15) is 21.7 Å². The lowest BCUT2D eigenvalue weighted by molar-refractivity contribution is -0.141. The molecule has 0 unspecified atom stereocenters. The Labute approximate surface area is 86.7 Å². The van der Waals surface area contributed by atoms with Gasteiger partial charge in [-0.2, -0.15) is 13.2 Å². The first-order valence-electron chi connectivity index (χ1n) is 3.58. The van der Waals surface area contributed by atoms with E-state index in [1.165, 1.54) is 0 Å². The van der Waals surface area contributed by atoms with Gasteiger partial charge in [0.1, 0.15) is 5.56 Å². The number of nitrogens with zero attached hydrogens (tertiary/aromatic N) is 2. The number of hydrogen-bond acceptors (Lipinski definition) is 3. The van der Waals surface area contributed by atoms with E-state index in [1.807, 2.05) is 0 Å². The Hall–Kier alpha value is -1.37. The van der Waals surface area contributed by atoms with E-state index in [-0.39, 0.29) is 5.69 Å². The summed E-state index contributed by atoms with van der Waals surface area (Å²) in [5.41, 5.74) is -2.84. The van der Waals surface area contributed by atoms with Crippen molar-refractivity contribution in [3.63, 3.8) is 0 Å². The molecule has 0 bridgehead atoms. The second-order valence-corrected chi connectivity index (χ2v) is 2.94. The van der Waals surface area contributed by atoms with Crippen molar-refractivity contribution < 1.29 is 23.1 Å². The van der Waals surface area contributed by atoms with Gasteiger partial charge in [-0.3, -0.25) is 0 Å². The third kappa shape index (κ3) is 2.35. The molecule has 4 nitrogen and oxygen atoms in total. The van der Waals surface area contributed by atoms with E-state index < -0.39 is 28.7 Å². The van der Waals surface area contributed by atoms with Gasteiger partial charge in [-0.05, 0) is 18.5 Å². The van der Waals surface area contributed by atoms with Crippen LogP contribution >= 0.6 is 11.6 Å². The summed E-state index contributed by atoms with van der Waals surface area (Å²) in [5, 5.41) is 7.94. The number of hydrogen-bond donors (Lipinski definition) is 1. The zero-order chi connectivity index (χ0) is 11.8. The Bertz CT molecular complexity index is 419. The Balaban J connectivity index is 3.54. The predicted octanol–water partition coefficient (Wildman–Crippen LogP) is 2.16. The third-order valence-electron chi connectivity index (χ3n) is 1.55. The first kappa shape index (κ1) is 11.7. The molecule has 0 aliphatic heterocycles. The molecular weight excluding hydrogens is 237 g/mol. The standard InChI is InChI=1S/C7H4ClF3N2O2/c1-2-3(5(14)15)4(7(9,10)11)13-6(8)12-2/h1H3,(H,14,15). The summed E-state index contributed by atoms with van der Waals surface area (Å²) in [6.45, 7) is 1.12. The summed E-state index contributed by atoms with van der Waals surface area (Å²) in [4.78, 5) is 16.8. The maximum atomic E-state index is 12.4. The number of aryl methyl sites for hydroxylation is 1. The average molecular weight is 241 g/mol. The number of halogens is 4. The number of alkyl halides is 3. The molecule has 0 saturated heterocycles. The quantitative estimate of drug-likeness (QED) is 0.764. The van der Waals surface area contributed by atoms with Crippen LogP contribution in [0.5, 0.6) is 0 Å². The van der Waals surface area contributed by atoms with Gasteiger partial charge >= 0.3 is 12.1 Å². The van der Waals surface area contributed by atoms with Crippen molar-refractivity contribution >= 4 is 17.6 Å². The summed E-state index contributed by atoms with van der Waals surface area (Å²) in [6, 6.07) is 0. The molecule has 15 heavy (non-hydrogen) atoms. The van der Waals surface area contributed by atoms with Gasteiger partial charge in [-0.15, -0.1) is 0 Å². The Morgan fingerprint density at radius 2 is 1.93 bits per heavy atom. The average Bonchev–Trinajstić information content (AvgIpc) is 1.99. The van der Waals surface area contributed by atoms with Gasteiger partial charge < -0.3 is 5.11 Å². The van der Waals surface area contributed by atoms with Crippen LogP contribution in [0.25, 0.3) is 0 Å². The summed E-state index contributed by atoms with van der Waals surface area (Å²) in [5.74, 6) is -1.74. The minimum absolute atomic E-state index is 0.324. The lowest BCUT2D eigenvalue weighted by atomic mass is 10.1. The highest BCUT2D eigenvalue weighted by Crippen LogP contribution is 2.31. The molecule has 1 aromatic heterocycles. The van der Waals surface area contributed by atoms with Gasteiger partial charge in [-0.25, -0.2) is 14.8 Å². The maximum absolute atomic E-state index is 12.4. The SMILES string of the molecule is Cc1nc(Cl)nc(C(F)(F)F)c1C(=O)O. The molecule has 0 radical (unpaired) electrons. The highest BCUT2D eigenvalue weighted by Gasteiger charge is 2.39. The van der Waals surface area contributed by atoms with Crippen LogP contribution in [0, 0.1) is 6.92 Å². The van der Waals surface area contributed by atoms with Crippen molar-refractivity contribution in [3.8, 4) is 0 Å². The second-order valence-electron chi connectivity index (χ2n) is 2.60. The van der Waals surface area contributed by atoms with Crippen molar-refractivity contribution in [2.45, 2.75) is 13.1 Å². The summed E-state index contributed by atoms with van der Waals surface area (Å²) in [6.07, 6.45) is -4.87. The van der Waals surface area contributed by atoms with E-state index in [0.717, 1.165) is 6.92 Å². The Morgan fingerprint density at radius 3 is 2.33 bits per heavy atom. The number of carboxylic acid groups (broad SMARTS) is 1. The van der Waals surface area contributed by atoms with Gasteiger partial charge in [-0.1, -0.05) is 0 Å². The first-order valence-corrected chi connectivity index (χ1v) is 3.96. The summed E-state index contributed by atoms with van der Waals surface area (Å²) >= 11 is 5.22. The van der Waals surface area contributed by atoms with E-state index in [9.17, 15) is 18.0 Å². The molecule has 1 rings (SSSR count). The smallest absolute Gasteiger partial charge is 0.434 e. The number of carbonyl (C=O) groups is 1. The molecule has 0 amide bonds. The minimum atomic E-state index is -4.87. The molecule has 8 heteroatoms. The first-order chi connectivity index (χ1) is 6.73. The van der Waals surface area contributed by atoms with E-state index in [1.54, 1.807) is 0 Å². The minimum Gasteiger partial charge on any atom is -0.478 e. The molecular formula is C7H4ClF3N2O2. The van der Waals surface area contributed by atoms with Crippen molar-refractivity contribution in [1.82, 2.24) is 9.97 Å². The second kappa shape index (κ2) is 3.65. The van der Waals surface area contributed by atoms with Crippen molar-refractivity contribution in [1.29, 1.82) is 0 Å². The maximum Gasteiger partial charge on any atom is 0.434 e. The van der Waals surface area contributed by atoms with Crippen LogP contribution in [0.4, 0.5) is 13.2 Å². The highest BCUT2D eigenvalue weighted by atomic mass is 35.5. The molecule has 0 atom stereocenters. The third-order valence-corrected chi connectivity index (χ3v) is 1.71. The van der Waals surface area contributed by atoms with Gasteiger partial charge in [0.2, 0.25) is 5.28 Å². The van der Waals surface area contributed by atoms with Crippen LogP contribution in [0.2, 0.25) is 5.28 Å². The molecule has 1 heterocycles. The number of rotatable bonds is 1. The number of carboxylic acids is 1. The van der Waals surface area contributed by atoms with Gasteiger partial charge in [0.05, 0.1) is 5.69 Å².